The molecule has 0 aliphatic rings. The van der Waals surface area contributed by atoms with E-state index in [2.05, 4.69) is 4.72 Å². The minimum absolute atomic E-state index is 0.0405. The third-order valence-corrected chi connectivity index (χ3v) is 5.84. The topological polar surface area (TPSA) is 83.5 Å². The van der Waals surface area contributed by atoms with Crippen molar-refractivity contribution in [3.05, 3.63) is 55.2 Å². The molecule has 0 saturated carbocycles. The first-order valence-electron chi connectivity index (χ1n) is 5.61. The lowest BCUT2D eigenvalue weighted by Crippen LogP contribution is -2.15. The van der Waals surface area contributed by atoms with Crippen LogP contribution < -0.4 is 4.72 Å². The largest absolute Gasteiger partial charge is 0.478 e. The van der Waals surface area contributed by atoms with Crippen molar-refractivity contribution in [2.45, 2.75) is 4.90 Å². The number of anilines is 1. The SMILES string of the molecule is O=C(O)c1cc(S(=O)(=O)Nc2ccccc2I)ccc1I. The van der Waals surface area contributed by atoms with Crippen LogP contribution in [-0.2, 0) is 10.0 Å². The van der Waals surface area contributed by atoms with E-state index in [0.717, 1.165) is 9.64 Å². The Morgan fingerprint density at radius 2 is 1.71 bits per heavy atom. The summed E-state index contributed by atoms with van der Waals surface area (Å²) in [4.78, 5) is 11.0. The van der Waals surface area contributed by atoms with Crippen LogP contribution in [-0.4, -0.2) is 19.5 Å². The Kier molecular flexibility index (Phi) is 5.09. The Balaban J connectivity index is 2.43. The number of sulfonamides is 1. The first-order valence-corrected chi connectivity index (χ1v) is 9.25. The van der Waals surface area contributed by atoms with E-state index in [1.165, 1.54) is 12.1 Å². The zero-order chi connectivity index (χ0) is 15.6. The number of benzene rings is 2. The highest BCUT2D eigenvalue weighted by Gasteiger charge is 2.19. The summed E-state index contributed by atoms with van der Waals surface area (Å²) in [6, 6.07) is 10.9. The highest BCUT2D eigenvalue weighted by atomic mass is 127. The predicted molar refractivity (Wildman–Crippen MR) is 96.1 cm³/mol. The lowest BCUT2D eigenvalue weighted by Gasteiger charge is -2.10. The first kappa shape index (κ1) is 16.5. The van der Waals surface area contributed by atoms with E-state index in [4.69, 9.17) is 5.11 Å². The van der Waals surface area contributed by atoms with Crippen molar-refractivity contribution in [1.29, 1.82) is 0 Å². The molecule has 21 heavy (non-hydrogen) atoms. The fourth-order valence-electron chi connectivity index (χ4n) is 1.58. The molecule has 0 bridgehead atoms. The Labute approximate surface area is 149 Å². The third-order valence-electron chi connectivity index (χ3n) is 2.60. The van der Waals surface area contributed by atoms with Gasteiger partial charge in [0.25, 0.3) is 10.0 Å². The van der Waals surface area contributed by atoms with Crippen LogP contribution in [0.25, 0.3) is 0 Å². The van der Waals surface area contributed by atoms with Gasteiger partial charge in [0.2, 0.25) is 0 Å². The van der Waals surface area contributed by atoms with Gasteiger partial charge >= 0.3 is 5.97 Å². The van der Waals surface area contributed by atoms with E-state index in [0.29, 0.717) is 9.26 Å². The van der Waals surface area contributed by atoms with Gasteiger partial charge in [0.05, 0.1) is 16.1 Å². The summed E-state index contributed by atoms with van der Waals surface area (Å²) in [5.41, 5.74) is 0.412. The molecular weight excluding hydrogens is 520 g/mol. The maximum atomic E-state index is 12.3. The number of nitrogens with one attached hydrogen (secondary N) is 1. The number of carboxylic acid groups (broad SMARTS) is 1. The van der Waals surface area contributed by atoms with Crippen molar-refractivity contribution < 1.29 is 18.3 Å². The molecule has 0 unspecified atom stereocenters. The molecule has 0 atom stereocenters. The summed E-state index contributed by atoms with van der Waals surface area (Å²) in [6.07, 6.45) is 0. The second kappa shape index (κ2) is 6.48. The van der Waals surface area contributed by atoms with Crippen LogP contribution in [0.3, 0.4) is 0 Å². The molecule has 0 saturated heterocycles. The van der Waals surface area contributed by atoms with Crippen molar-refractivity contribution in [2.75, 3.05) is 4.72 Å². The van der Waals surface area contributed by atoms with Gasteiger partial charge in [0.15, 0.2) is 0 Å². The highest BCUT2D eigenvalue weighted by Crippen LogP contribution is 2.23. The molecule has 0 aliphatic carbocycles. The zero-order valence-electron chi connectivity index (χ0n) is 10.4. The molecule has 2 aromatic rings. The standard InChI is InChI=1S/C13H9I2NO4S/c14-10-6-5-8(7-9(10)13(17)18)21(19,20)16-12-4-2-1-3-11(12)15/h1-7,16H,(H,17,18). The lowest BCUT2D eigenvalue weighted by atomic mass is 10.2. The average molecular weight is 529 g/mol. The van der Waals surface area contributed by atoms with E-state index in [-0.39, 0.29) is 10.5 Å². The van der Waals surface area contributed by atoms with Gasteiger partial charge in [-0.1, -0.05) is 12.1 Å². The van der Waals surface area contributed by atoms with Crippen LogP contribution in [0.15, 0.2) is 47.4 Å². The molecule has 0 aliphatic heterocycles. The molecule has 0 spiro atoms. The van der Waals surface area contributed by atoms with E-state index in [1.54, 1.807) is 24.3 Å². The Morgan fingerprint density at radius 1 is 1.05 bits per heavy atom. The van der Waals surface area contributed by atoms with Gasteiger partial charge < -0.3 is 5.11 Å². The molecule has 2 N–H and O–H groups in total. The number of carboxylic acids is 1. The van der Waals surface area contributed by atoms with E-state index >= 15 is 0 Å². The number of halogens is 2. The maximum absolute atomic E-state index is 12.3. The second-order valence-corrected chi connectivity index (χ2v) is 8.04. The van der Waals surface area contributed by atoms with Crippen LogP contribution in [0, 0.1) is 7.14 Å². The minimum atomic E-state index is -3.83. The molecule has 0 amide bonds. The Bertz CT molecular complexity index is 806. The van der Waals surface area contributed by atoms with Gasteiger partial charge in [0, 0.05) is 7.14 Å². The first-order chi connectivity index (χ1) is 9.81. The predicted octanol–water partition coefficient (Wildman–Crippen LogP) is 3.39. The summed E-state index contributed by atoms with van der Waals surface area (Å²) < 4.78 is 28.4. The molecule has 5 nitrogen and oxygen atoms in total. The van der Waals surface area contributed by atoms with Gasteiger partial charge in [-0.3, -0.25) is 4.72 Å². The number of hydrogen-bond acceptors (Lipinski definition) is 3. The molecule has 8 heteroatoms. The minimum Gasteiger partial charge on any atom is -0.478 e. The summed E-state index contributed by atoms with van der Waals surface area (Å²) in [5, 5.41) is 9.07. The summed E-state index contributed by atoms with van der Waals surface area (Å²) in [6.45, 7) is 0. The van der Waals surface area contributed by atoms with Gasteiger partial charge in [0.1, 0.15) is 0 Å². The molecule has 0 radical (unpaired) electrons. The van der Waals surface area contributed by atoms with E-state index in [1.807, 2.05) is 45.2 Å². The molecule has 0 fully saturated rings. The molecule has 110 valence electrons. The van der Waals surface area contributed by atoms with Crippen molar-refractivity contribution in [3.8, 4) is 0 Å². The molecule has 0 heterocycles. The van der Waals surface area contributed by atoms with Crippen molar-refractivity contribution in [3.63, 3.8) is 0 Å². The molecule has 0 aromatic heterocycles. The fourth-order valence-corrected chi connectivity index (χ4v) is 3.96. The van der Waals surface area contributed by atoms with Gasteiger partial charge in [-0.15, -0.1) is 0 Å². The number of para-hydroxylation sites is 1. The van der Waals surface area contributed by atoms with Crippen LogP contribution in [0.1, 0.15) is 10.4 Å². The van der Waals surface area contributed by atoms with Gasteiger partial charge in [-0.25, -0.2) is 13.2 Å². The van der Waals surface area contributed by atoms with Crippen LogP contribution in [0.2, 0.25) is 0 Å². The quantitative estimate of drug-likeness (QED) is 0.596. The Morgan fingerprint density at radius 3 is 2.33 bits per heavy atom. The lowest BCUT2D eigenvalue weighted by molar-refractivity contribution is 0.0695. The van der Waals surface area contributed by atoms with Crippen LogP contribution >= 0.6 is 45.2 Å². The number of aromatic carboxylic acids is 1. The third kappa shape index (κ3) is 3.86. The summed E-state index contributed by atoms with van der Waals surface area (Å²) in [5.74, 6) is -1.16. The van der Waals surface area contributed by atoms with Crippen molar-refractivity contribution in [2.24, 2.45) is 0 Å². The van der Waals surface area contributed by atoms with Crippen molar-refractivity contribution in [1.82, 2.24) is 0 Å². The molecule has 2 aromatic carbocycles. The van der Waals surface area contributed by atoms with E-state index < -0.39 is 16.0 Å². The number of hydrogen-bond donors (Lipinski definition) is 2. The Hall–Kier alpha value is -0.880. The smallest absolute Gasteiger partial charge is 0.336 e. The summed E-state index contributed by atoms with van der Waals surface area (Å²) in [7, 11) is -3.83. The molecule has 2 rings (SSSR count). The highest BCUT2D eigenvalue weighted by molar-refractivity contribution is 14.1. The fraction of sp³-hybridized carbons (Fsp3) is 0. The summed E-state index contributed by atoms with van der Waals surface area (Å²) >= 11 is 3.87. The molecular formula is C13H9I2NO4S. The normalized spacial score (nSPS) is 11.1. The monoisotopic (exact) mass is 529 g/mol. The van der Waals surface area contributed by atoms with Crippen LogP contribution in [0.4, 0.5) is 5.69 Å². The average Bonchev–Trinajstić information content (AvgIpc) is 2.41. The maximum Gasteiger partial charge on any atom is 0.336 e. The number of carbonyl (C=O) groups is 1. The zero-order valence-corrected chi connectivity index (χ0v) is 15.5. The van der Waals surface area contributed by atoms with Gasteiger partial charge in [-0.2, -0.15) is 0 Å². The van der Waals surface area contributed by atoms with Gasteiger partial charge in [-0.05, 0) is 75.5 Å². The van der Waals surface area contributed by atoms with Crippen molar-refractivity contribution >= 4 is 66.9 Å². The van der Waals surface area contributed by atoms with Crippen LogP contribution in [0.5, 0.6) is 0 Å². The number of rotatable bonds is 4. The second-order valence-electron chi connectivity index (χ2n) is 4.03. The van der Waals surface area contributed by atoms with E-state index in [9.17, 15) is 13.2 Å².